The van der Waals surface area contributed by atoms with Gasteiger partial charge in [-0.2, -0.15) is 4.98 Å². The van der Waals surface area contributed by atoms with E-state index in [1.807, 2.05) is 18.3 Å². The summed E-state index contributed by atoms with van der Waals surface area (Å²) in [6.45, 7) is 8.41. The van der Waals surface area contributed by atoms with E-state index in [9.17, 15) is 28.8 Å². The topological polar surface area (TPSA) is 189 Å². The number of Topliss-reactive ketones (excluding diaryl/α,β-unsaturated/α-hetero) is 1. The number of carbonyl (C=O) groups excluding carboxylic acids is 5. The lowest BCUT2D eigenvalue weighted by Crippen LogP contribution is -2.54. The van der Waals surface area contributed by atoms with Crippen molar-refractivity contribution in [2.24, 2.45) is 0 Å². The summed E-state index contributed by atoms with van der Waals surface area (Å²) in [6.07, 6.45) is 7.51. The summed E-state index contributed by atoms with van der Waals surface area (Å²) in [5.74, 6) is -0.813. The van der Waals surface area contributed by atoms with E-state index in [0.29, 0.717) is 57.8 Å². The number of ether oxygens (including phenoxy) is 1. The van der Waals surface area contributed by atoms with Crippen LogP contribution in [0.4, 0.5) is 17.5 Å². The number of nitrogens with one attached hydrogen (secondary N) is 2. The van der Waals surface area contributed by atoms with Crippen LogP contribution < -0.4 is 21.1 Å². The van der Waals surface area contributed by atoms with Crippen LogP contribution in [0.1, 0.15) is 88.1 Å². The van der Waals surface area contributed by atoms with Gasteiger partial charge in [0.25, 0.3) is 17.4 Å². The zero-order valence-corrected chi connectivity index (χ0v) is 33.3. The number of thioether (sulfide) groups is 1. The lowest BCUT2D eigenvalue weighted by molar-refractivity contribution is -0.136. The number of benzene rings is 1. The van der Waals surface area contributed by atoms with Gasteiger partial charge in [0, 0.05) is 67.4 Å². The van der Waals surface area contributed by atoms with Gasteiger partial charge in [-0.25, -0.2) is 9.97 Å². The Labute approximate surface area is 338 Å². The number of aryl methyl sites for hydroxylation is 1. The SMILES string of the molecule is CC(=O)c1c(C)c2cnc(Nc3ccc(N4CCN(CCOCCSc5cccc6c5C(=O)N(C5CCC(=O)NC5=O)C6=O)CC4)cn3)nc2n(C2CCCC2)c1=O. The molecule has 0 bridgehead atoms. The Morgan fingerprint density at radius 1 is 0.948 bits per heavy atom. The number of amides is 4. The molecule has 4 aliphatic rings. The van der Waals surface area contributed by atoms with E-state index in [4.69, 9.17) is 9.72 Å². The van der Waals surface area contributed by atoms with E-state index in [2.05, 4.69) is 30.4 Å². The van der Waals surface area contributed by atoms with Crippen LogP contribution in [0.15, 0.2) is 52.4 Å². The summed E-state index contributed by atoms with van der Waals surface area (Å²) in [7, 11) is 0. The maximum Gasteiger partial charge on any atom is 0.263 e. The number of aromatic nitrogens is 4. The molecule has 302 valence electrons. The molecule has 8 rings (SSSR count). The van der Waals surface area contributed by atoms with Crippen molar-refractivity contribution < 1.29 is 28.7 Å². The number of imide groups is 2. The first kappa shape index (κ1) is 39.3. The summed E-state index contributed by atoms with van der Waals surface area (Å²) < 4.78 is 7.64. The number of hydrogen-bond donors (Lipinski definition) is 2. The van der Waals surface area contributed by atoms with Crippen LogP contribution in [0, 0.1) is 6.92 Å². The summed E-state index contributed by atoms with van der Waals surface area (Å²) in [4.78, 5) is 96.7. The van der Waals surface area contributed by atoms with Crippen molar-refractivity contribution in [3.05, 3.63) is 75.3 Å². The minimum atomic E-state index is -0.994. The standard InChI is InChI=1S/C41H45N9O7S/c1-24-29-23-43-41(46-36(29)49(26-6-3-4-7-26)39(55)34(24)25(2)51)44-32-12-10-27(22-42-32)48-16-14-47(15-17-48)18-19-57-20-21-58-31-9-5-8-28-35(31)40(56)50(38(28)54)30-11-13-33(52)45-37(30)53/h5,8-10,12,22-23,26,30H,3-4,6-7,11,13-21H2,1-2H3,(H,45,52,53)(H,42,43,44,46). The average Bonchev–Trinajstić information content (AvgIpc) is 3.83. The van der Waals surface area contributed by atoms with Crippen molar-refractivity contribution in [1.82, 2.24) is 34.6 Å². The first-order valence-corrected chi connectivity index (χ1v) is 20.8. The summed E-state index contributed by atoms with van der Waals surface area (Å²) in [6, 6.07) is 8.04. The molecule has 0 radical (unpaired) electrons. The van der Waals surface area contributed by atoms with Gasteiger partial charge in [0.15, 0.2) is 5.78 Å². The third-order valence-corrected chi connectivity index (χ3v) is 12.5. The molecule has 16 nitrogen and oxygen atoms in total. The number of piperazine rings is 1. The van der Waals surface area contributed by atoms with Gasteiger partial charge in [0.1, 0.15) is 17.5 Å². The number of piperidine rings is 1. The van der Waals surface area contributed by atoms with Crippen molar-refractivity contribution in [2.75, 3.05) is 61.9 Å². The molecule has 4 aromatic rings. The van der Waals surface area contributed by atoms with Crippen molar-refractivity contribution in [2.45, 2.75) is 69.4 Å². The van der Waals surface area contributed by atoms with Crippen LogP contribution in [-0.2, 0) is 14.3 Å². The maximum absolute atomic E-state index is 13.5. The smallest absolute Gasteiger partial charge is 0.263 e. The second-order valence-corrected chi connectivity index (χ2v) is 16.2. The molecule has 6 heterocycles. The monoisotopic (exact) mass is 807 g/mol. The molecule has 0 spiro atoms. The van der Waals surface area contributed by atoms with Crippen LogP contribution in [0.5, 0.6) is 0 Å². The number of hydrogen-bond acceptors (Lipinski definition) is 14. The van der Waals surface area contributed by atoms with Crippen molar-refractivity contribution in [1.29, 1.82) is 0 Å². The molecular formula is C41H45N9O7S. The molecule has 1 saturated carbocycles. The van der Waals surface area contributed by atoms with Crippen molar-refractivity contribution >= 4 is 69.7 Å². The average molecular weight is 808 g/mol. The van der Waals surface area contributed by atoms with Crippen LogP contribution in [0.2, 0.25) is 0 Å². The second-order valence-electron chi connectivity index (χ2n) is 15.0. The molecule has 1 unspecified atom stereocenters. The largest absolute Gasteiger partial charge is 0.379 e. The molecule has 58 heavy (non-hydrogen) atoms. The first-order chi connectivity index (χ1) is 28.1. The Balaban J connectivity index is 0.796. The van der Waals surface area contributed by atoms with Crippen LogP contribution >= 0.6 is 11.8 Å². The molecule has 2 N–H and O–H groups in total. The number of ketones is 1. The van der Waals surface area contributed by atoms with Crippen molar-refractivity contribution in [3.8, 4) is 0 Å². The Hall–Kier alpha value is -5.52. The fourth-order valence-corrected chi connectivity index (χ4v) is 9.35. The first-order valence-electron chi connectivity index (χ1n) is 19.8. The predicted molar refractivity (Wildman–Crippen MR) is 217 cm³/mol. The Morgan fingerprint density at radius 2 is 1.74 bits per heavy atom. The maximum atomic E-state index is 13.5. The fraction of sp³-hybridized carbons (Fsp3) is 0.439. The van der Waals surface area contributed by atoms with E-state index >= 15 is 0 Å². The molecule has 3 aromatic heterocycles. The van der Waals surface area contributed by atoms with Gasteiger partial charge in [-0.1, -0.05) is 18.9 Å². The number of fused-ring (bicyclic) bond motifs is 2. The van der Waals surface area contributed by atoms with Gasteiger partial charge in [0.2, 0.25) is 17.8 Å². The Morgan fingerprint density at radius 3 is 2.47 bits per heavy atom. The number of pyridine rings is 2. The van der Waals surface area contributed by atoms with E-state index in [1.165, 1.54) is 18.7 Å². The van der Waals surface area contributed by atoms with E-state index in [1.54, 1.807) is 35.9 Å². The molecule has 1 aromatic carbocycles. The number of nitrogens with zero attached hydrogens (tertiary/aromatic N) is 7. The molecule has 1 atom stereocenters. The zero-order chi connectivity index (χ0) is 40.5. The highest BCUT2D eigenvalue weighted by Crippen LogP contribution is 2.35. The molecular weight excluding hydrogens is 763 g/mol. The summed E-state index contributed by atoms with van der Waals surface area (Å²) in [5, 5.41) is 6.12. The third-order valence-electron chi connectivity index (χ3n) is 11.4. The van der Waals surface area contributed by atoms with Crippen molar-refractivity contribution in [3.63, 3.8) is 0 Å². The highest BCUT2D eigenvalue weighted by molar-refractivity contribution is 7.99. The van der Waals surface area contributed by atoms with Crippen LogP contribution in [0.3, 0.4) is 0 Å². The second kappa shape index (κ2) is 16.8. The van der Waals surface area contributed by atoms with Gasteiger partial charge >= 0.3 is 0 Å². The Bertz CT molecular complexity index is 2350. The number of carbonyl (C=O) groups is 5. The highest BCUT2D eigenvalue weighted by Gasteiger charge is 2.45. The Kier molecular flexibility index (Phi) is 11.4. The van der Waals surface area contributed by atoms with E-state index in [0.717, 1.165) is 69.0 Å². The lowest BCUT2D eigenvalue weighted by Gasteiger charge is -2.35. The molecule has 2 saturated heterocycles. The van der Waals surface area contributed by atoms with Crippen LogP contribution in [0.25, 0.3) is 11.0 Å². The lowest BCUT2D eigenvalue weighted by atomic mass is 10.0. The van der Waals surface area contributed by atoms with Gasteiger partial charge in [-0.05, 0) is 62.9 Å². The molecule has 17 heteroatoms. The van der Waals surface area contributed by atoms with Gasteiger partial charge in [-0.15, -0.1) is 11.8 Å². The minimum Gasteiger partial charge on any atom is -0.379 e. The quantitative estimate of drug-likeness (QED) is 0.0857. The number of rotatable bonds is 13. The summed E-state index contributed by atoms with van der Waals surface area (Å²) in [5.41, 5.74) is 2.64. The molecule has 4 amide bonds. The zero-order valence-electron chi connectivity index (χ0n) is 32.5. The molecule has 3 fully saturated rings. The highest BCUT2D eigenvalue weighted by atomic mass is 32.2. The van der Waals surface area contributed by atoms with Gasteiger partial charge < -0.3 is 15.0 Å². The third kappa shape index (κ3) is 7.73. The predicted octanol–water partition coefficient (Wildman–Crippen LogP) is 3.89. The van der Waals surface area contributed by atoms with Crippen LogP contribution in [-0.4, -0.2) is 116 Å². The fourth-order valence-electron chi connectivity index (χ4n) is 8.41. The normalized spacial score (nSPS) is 19.0. The minimum absolute atomic E-state index is 0.000393. The summed E-state index contributed by atoms with van der Waals surface area (Å²) >= 11 is 1.43. The van der Waals surface area contributed by atoms with Gasteiger partial charge in [0.05, 0.1) is 41.8 Å². The van der Waals surface area contributed by atoms with E-state index in [-0.39, 0.29) is 41.4 Å². The van der Waals surface area contributed by atoms with E-state index < -0.39 is 29.7 Å². The molecule has 3 aliphatic heterocycles. The number of anilines is 3. The molecule has 1 aliphatic carbocycles. The van der Waals surface area contributed by atoms with Gasteiger partial charge in [-0.3, -0.25) is 48.5 Å².